The second-order valence-electron chi connectivity index (χ2n) is 6.93. The van der Waals surface area contributed by atoms with Crippen molar-refractivity contribution in [2.24, 2.45) is 28.3 Å². The number of hydrogen-bond donors (Lipinski definition) is 1. The summed E-state index contributed by atoms with van der Waals surface area (Å²) >= 11 is 0. The van der Waals surface area contributed by atoms with Gasteiger partial charge < -0.3 is 9.82 Å². The molecule has 96 valence electrons. The van der Waals surface area contributed by atoms with Crippen molar-refractivity contribution in [1.29, 1.82) is 0 Å². The summed E-state index contributed by atoms with van der Waals surface area (Å²) in [5.41, 5.74) is 2.60. The number of hydrogen-bond acceptors (Lipinski definition) is 2. The highest BCUT2D eigenvalue weighted by Crippen LogP contribution is 2.67. The maximum Gasteiger partial charge on any atom is 0.146 e. The van der Waals surface area contributed by atoms with Crippen LogP contribution in [0.4, 0.5) is 0 Å². The Kier molecular flexibility index (Phi) is 1.78. The Morgan fingerprint density at radius 3 is 2.83 bits per heavy atom. The smallest absolute Gasteiger partial charge is 0.146 e. The van der Waals surface area contributed by atoms with Gasteiger partial charge in [0.05, 0.1) is 5.69 Å². The van der Waals surface area contributed by atoms with Gasteiger partial charge in [0.25, 0.3) is 0 Å². The van der Waals surface area contributed by atoms with Crippen molar-refractivity contribution in [2.45, 2.75) is 39.2 Å². The minimum Gasteiger partial charge on any atom is -0.388 e. The molecule has 5 rings (SSSR count). The van der Waals surface area contributed by atoms with Crippen LogP contribution >= 0.6 is 0 Å². The second kappa shape index (κ2) is 3.01. The van der Waals surface area contributed by atoms with Gasteiger partial charge in [0.1, 0.15) is 11.3 Å². The van der Waals surface area contributed by atoms with Crippen LogP contribution < -0.4 is 0 Å². The molecule has 1 aromatic rings. The Morgan fingerprint density at radius 2 is 2.17 bits per heavy atom. The average molecular weight is 244 g/mol. The number of H-pyrrole nitrogens is 1. The number of nitrogens with one attached hydrogen (secondary N) is 1. The predicted molar refractivity (Wildman–Crippen MR) is 70.3 cm³/mol. The van der Waals surface area contributed by atoms with Crippen molar-refractivity contribution in [1.82, 2.24) is 4.98 Å². The Hall–Kier alpha value is -1.25. The molecule has 0 amide bonds. The Labute approximate surface area is 108 Å². The summed E-state index contributed by atoms with van der Waals surface area (Å²) in [4.78, 5) is 9.20. The quantitative estimate of drug-likeness (QED) is 0.809. The molecule has 1 aromatic heterocycles. The van der Waals surface area contributed by atoms with Crippen molar-refractivity contribution < 1.29 is 4.84 Å². The van der Waals surface area contributed by atoms with Crippen LogP contribution in [0.15, 0.2) is 23.5 Å². The number of aromatic amines is 1. The molecule has 2 heterocycles. The van der Waals surface area contributed by atoms with Gasteiger partial charge in [-0.2, -0.15) is 0 Å². The molecular formula is C15H20N2O. The fraction of sp³-hybridized carbons (Fsp3) is 0.667. The Morgan fingerprint density at radius 1 is 1.33 bits per heavy atom. The van der Waals surface area contributed by atoms with E-state index in [0.717, 1.165) is 17.3 Å². The lowest BCUT2D eigenvalue weighted by Gasteiger charge is -2.63. The third-order valence-corrected chi connectivity index (χ3v) is 5.92. The van der Waals surface area contributed by atoms with Gasteiger partial charge in [0, 0.05) is 18.0 Å². The van der Waals surface area contributed by atoms with Crippen molar-refractivity contribution in [3.05, 3.63) is 24.0 Å². The SMILES string of the molecule is CC12ON=C(c3ccc[nH]3)C1C[C@@H]1C[C@H]2C1(C)C. The minimum absolute atomic E-state index is 0.0846. The van der Waals surface area contributed by atoms with Crippen LogP contribution in [0.3, 0.4) is 0 Å². The molecule has 3 aliphatic carbocycles. The monoisotopic (exact) mass is 244 g/mol. The highest BCUT2D eigenvalue weighted by Gasteiger charge is 2.67. The van der Waals surface area contributed by atoms with Crippen LogP contribution in [0.1, 0.15) is 39.3 Å². The summed E-state index contributed by atoms with van der Waals surface area (Å²) in [6, 6.07) is 4.13. The molecule has 4 atom stereocenters. The van der Waals surface area contributed by atoms with Crippen molar-refractivity contribution >= 4 is 5.71 Å². The third kappa shape index (κ3) is 1.04. The van der Waals surface area contributed by atoms with Gasteiger partial charge in [-0.1, -0.05) is 19.0 Å². The van der Waals surface area contributed by atoms with Crippen molar-refractivity contribution in [3.63, 3.8) is 0 Å². The largest absolute Gasteiger partial charge is 0.388 e. The zero-order valence-electron chi connectivity index (χ0n) is 11.2. The fourth-order valence-electron chi connectivity index (χ4n) is 4.60. The summed E-state index contributed by atoms with van der Waals surface area (Å²) < 4.78 is 0. The molecule has 1 N–H and O–H groups in total. The van der Waals surface area contributed by atoms with Gasteiger partial charge in [-0.05, 0) is 43.2 Å². The molecule has 0 saturated heterocycles. The van der Waals surface area contributed by atoms with Gasteiger partial charge in [0.2, 0.25) is 0 Å². The molecule has 2 unspecified atom stereocenters. The third-order valence-electron chi connectivity index (χ3n) is 5.92. The zero-order chi connectivity index (χ0) is 12.5. The van der Waals surface area contributed by atoms with E-state index in [-0.39, 0.29) is 5.60 Å². The van der Waals surface area contributed by atoms with Crippen molar-refractivity contribution in [3.8, 4) is 0 Å². The topological polar surface area (TPSA) is 37.4 Å². The molecule has 3 saturated carbocycles. The van der Waals surface area contributed by atoms with E-state index in [1.54, 1.807) is 0 Å². The predicted octanol–water partition coefficient (Wildman–Crippen LogP) is 3.19. The van der Waals surface area contributed by atoms with Gasteiger partial charge in [-0.15, -0.1) is 0 Å². The summed E-state index contributed by atoms with van der Waals surface area (Å²) in [6.45, 7) is 7.05. The molecule has 1 aliphatic heterocycles. The van der Waals surface area contributed by atoms with E-state index in [2.05, 4.69) is 37.0 Å². The molecule has 18 heavy (non-hydrogen) atoms. The van der Waals surface area contributed by atoms with Crippen molar-refractivity contribution in [2.75, 3.05) is 0 Å². The molecule has 0 aromatic carbocycles. The van der Waals surface area contributed by atoms with E-state index < -0.39 is 0 Å². The lowest BCUT2D eigenvalue weighted by Crippen LogP contribution is -2.64. The summed E-state index contributed by atoms with van der Waals surface area (Å²) in [5, 5.41) is 4.42. The highest BCUT2D eigenvalue weighted by atomic mass is 16.7. The molecule has 3 nitrogen and oxygen atoms in total. The van der Waals surface area contributed by atoms with Gasteiger partial charge in [-0.25, -0.2) is 0 Å². The first-order valence-corrected chi connectivity index (χ1v) is 6.93. The van der Waals surface area contributed by atoms with E-state index in [4.69, 9.17) is 4.84 Å². The van der Waals surface area contributed by atoms with Crippen LogP contribution in [-0.4, -0.2) is 16.3 Å². The summed E-state index contributed by atoms with van der Waals surface area (Å²) in [7, 11) is 0. The van der Waals surface area contributed by atoms with Gasteiger partial charge >= 0.3 is 0 Å². The number of rotatable bonds is 1. The molecular weight excluding hydrogens is 224 g/mol. The minimum atomic E-state index is -0.0846. The lowest BCUT2D eigenvalue weighted by atomic mass is 9.41. The molecule has 4 aliphatic rings. The second-order valence-corrected chi connectivity index (χ2v) is 6.93. The average Bonchev–Trinajstić information content (AvgIpc) is 2.93. The normalized spacial score (nSPS) is 43.7. The van der Waals surface area contributed by atoms with E-state index in [0.29, 0.717) is 17.3 Å². The number of aromatic nitrogens is 1. The fourth-order valence-corrected chi connectivity index (χ4v) is 4.60. The van der Waals surface area contributed by atoms with Crippen LogP contribution in [-0.2, 0) is 4.84 Å². The molecule has 3 fully saturated rings. The number of oxime groups is 1. The summed E-state index contributed by atoms with van der Waals surface area (Å²) in [6.07, 6.45) is 4.49. The van der Waals surface area contributed by atoms with E-state index in [1.807, 2.05) is 12.3 Å². The van der Waals surface area contributed by atoms with Crippen LogP contribution in [0.5, 0.6) is 0 Å². The maximum atomic E-state index is 5.93. The van der Waals surface area contributed by atoms with Gasteiger partial charge in [0.15, 0.2) is 0 Å². The van der Waals surface area contributed by atoms with Gasteiger partial charge in [-0.3, -0.25) is 0 Å². The van der Waals surface area contributed by atoms with E-state index in [1.165, 1.54) is 12.8 Å². The zero-order valence-corrected chi connectivity index (χ0v) is 11.2. The van der Waals surface area contributed by atoms with Crippen LogP contribution in [0.25, 0.3) is 0 Å². The molecule has 0 radical (unpaired) electrons. The first-order chi connectivity index (χ1) is 8.53. The maximum absolute atomic E-state index is 5.93. The highest BCUT2D eigenvalue weighted by molar-refractivity contribution is 6.02. The van der Waals surface area contributed by atoms with Crippen LogP contribution in [0, 0.1) is 23.2 Å². The van der Waals surface area contributed by atoms with E-state index in [9.17, 15) is 0 Å². The first-order valence-electron chi connectivity index (χ1n) is 6.93. The first kappa shape index (κ1) is 10.7. The Balaban J connectivity index is 1.72. The summed E-state index contributed by atoms with van der Waals surface area (Å²) in [5.74, 6) is 1.94. The standard InChI is InChI=1S/C15H20N2O/c1-14(2)9-7-10-13(11-5-4-6-16-11)17-18-15(10,3)12(14)8-9/h4-6,9-10,12,16H,7-8H2,1-3H3/t9-,10?,12+,15?/m1/s1. The van der Waals surface area contributed by atoms with E-state index >= 15 is 0 Å². The number of nitrogens with zero attached hydrogens (tertiary/aromatic N) is 1. The Bertz CT molecular complexity index is 517. The molecule has 2 bridgehead atoms. The lowest BCUT2D eigenvalue weighted by molar-refractivity contribution is -0.220. The van der Waals surface area contributed by atoms with Crippen LogP contribution in [0.2, 0.25) is 0 Å². The molecule has 3 heteroatoms. The molecule has 0 spiro atoms.